The monoisotopic (exact) mass is 492 g/mol. The van der Waals surface area contributed by atoms with Gasteiger partial charge in [-0.1, -0.05) is 31.2 Å². The molecule has 4 nitrogen and oxygen atoms in total. The Morgan fingerprint density at radius 3 is 2.43 bits per heavy atom. The minimum absolute atomic E-state index is 0.211. The van der Waals surface area contributed by atoms with Crippen molar-refractivity contribution in [2.45, 2.75) is 39.7 Å². The number of carbonyl (C=O) groups excluding carboxylic acids is 1. The van der Waals surface area contributed by atoms with E-state index in [4.69, 9.17) is 9.73 Å². The van der Waals surface area contributed by atoms with Crippen molar-refractivity contribution >= 4 is 29.0 Å². The van der Waals surface area contributed by atoms with Crippen LogP contribution in [0.3, 0.4) is 0 Å². The van der Waals surface area contributed by atoms with Crippen molar-refractivity contribution in [1.29, 1.82) is 0 Å². The summed E-state index contributed by atoms with van der Waals surface area (Å²) in [5.74, 6) is -0.566. The molecule has 2 aromatic rings. The first-order valence-corrected chi connectivity index (χ1v) is 12.6. The number of benzene rings is 2. The summed E-state index contributed by atoms with van der Waals surface area (Å²) in [6.45, 7) is 6.19. The molecule has 3 aliphatic rings. The van der Waals surface area contributed by atoms with Gasteiger partial charge in [-0.25, -0.2) is 18.6 Å². The van der Waals surface area contributed by atoms with Gasteiger partial charge in [0.25, 0.3) is 0 Å². The predicted octanol–water partition coefficient (Wildman–Crippen LogP) is 6.99. The molecule has 0 aromatic heterocycles. The number of allylic oxidation sites excluding steroid dienone is 2. The number of nitrogens with zero attached hydrogens (tertiary/aromatic N) is 2. The van der Waals surface area contributed by atoms with Gasteiger partial charge in [-0.05, 0) is 97.0 Å². The van der Waals surface area contributed by atoms with Crippen LogP contribution < -0.4 is 0 Å². The summed E-state index contributed by atoms with van der Waals surface area (Å²) in [4.78, 5) is 20.4. The fourth-order valence-electron chi connectivity index (χ4n) is 4.98. The van der Waals surface area contributed by atoms with Crippen LogP contribution in [-0.2, 0) is 9.53 Å². The van der Waals surface area contributed by atoms with E-state index in [-0.39, 0.29) is 23.6 Å². The quantitative estimate of drug-likeness (QED) is 0.432. The average Bonchev–Trinajstić information content (AvgIpc) is 3.16. The standard InChI is InChI=1S/C28H26F2N2O2S/c1-4-34-27(33)26-17(3)32-25(19-7-11-22(30)12-8-19)23-14-16(2)13-20(24(23)31-28(32)35-26)15-18-5-9-21(29)10-6-18/h5-12,15-16,25H,4,13-14H2,1-3H3/b20-15-. The van der Waals surface area contributed by atoms with Crippen LogP contribution in [0.1, 0.15) is 50.8 Å². The molecule has 2 aliphatic heterocycles. The molecule has 1 aliphatic carbocycles. The third-order valence-electron chi connectivity index (χ3n) is 6.49. The second kappa shape index (κ2) is 9.46. The Morgan fingerprint density at radius 2 is 1.77 bits per heavy atom. The Hall–Kier alpha value is -3.19. The number of ether oxygens (including phenoxy) is 1. The van der Waals surface area contributed by atoms with Crippen LogP contribution in [0.15, 0.2) is 81.0 Å². The highest BCUT2D eigenvalue weighted by atomic mass is 32.2. The number of esters is 1. The van der Waals surface area contributed by atoms with E-state index in [0.29, 0.717) is 22.6 Å². The molecule has 0 saturated heterocycles. The predicted molar refractivity (Wildman–Crippen MR) is 135 cm³/mol. The molecule has 7 heteroatoms. The highest BCUT2D eigenvalue weighted by molar-refractivity contribution is 8.18. The lowest BCUT2D eigenvalue weighted by molar-refractivity contribution is -0.137. The largest absolute Gasteiger partial charge is 0.462 e. The zero-order valence-electron chi connectivity index (χ0n) is 19.8. The van der Waals surface area contributed by atoms with Gasteiger partial charge in [-0.3, -0.25) is 0 Å². The summed E-state index contributed by atoms with van der Waals surface area (Å²) in [5.41, 5.74) is 5.74. The maximum Gasteiger partial charge on any atom is 0.346 e. The molecule has 0 bridgehead atoms. The van der Waals surface area contributed by atoms with E-state index in [9.17, 15) is 13.6 Å². The van der Waals surface area contributed by atoms with Crippen LogP contribution in [-0.4, -0.2) is 22.6 Å². The maximum absolute atomic E-state index is 13.8. The van der Waals surface area contributed by atoms with Crippen LogP contribution >= 0.6 is 11.8 Å². The molecule has 0 saturated carbocycles. The number of hydrogen-bond acceptors (Lipinski definition) is 5. The highest BCUT2D eigenvalue weighted by Crippen LogP contribution is 2.52. The van der Waals surface area contributed by atoms with Crippen molar-refractivity contribution in [1.82, 2.24) is 4.90 Å². The minimum atomic E-state index is -0.363. The van der Waals surface area contributed by atoms with Crippen molar-refractivity contribution in [3.8, 4) is 0 Å². The molecular weight excluding hydrogens is 466 g/mol. The Labute approximate surface area is 208 Å². The van der Waals surface area contributed by atoms with E-state index in [1.165, 1.54) is 36.0 Å². The Bertz CT molecular complexity index is 1290. The number of aliphatic imine (C=N–C) groups is 1. The number of amidine groups is 1. The number of carbonyl (C=O) groups is 1. The minimum Gasteiger partial charge on any atom is -0.462 e. The zero-order chi connectivity index (χ0) is 24.7. The molecular formula is C28H26F2N2O2S. The lowest BCUT2D eigenvalue weighted by atomic mass is 9.78. The first-order chi connectivity index (χ1) is 16.9. The third kappa shape index (κ3) is 4.45. The van der Waals surface area contributed by atoms with Crippen molar-refractivity contribution in [3.63, 3.8) is 0 Å². The first kappa shape index (κ1) is 23.5. The van der Waals surface area contributed by atoms with Gasteiger partial charge in [0, 0.05) is 5.70 Å². The van der Waals surface area contributed by atoms with Gasteiger partial charge in [0.2, 0.25) is 0 Å². The van der Waals surface area contributed by atoms with E-state index in [1.54, 1.807) is 31.2 Å². The molecule has 0 spiro atoms. The summed E-state index contributed by atoms with van der Waals surface area (Å²) < 4.78 is 32.6. The molecule has 2 aromatic carbocycles. The topological polar surface area (TPSA) is 41.9 Å². The van der Waals surface area contributed by atoms with Crippen LogP contribution in [0, 0.1) is 17.6 Å². The molecule has 0 N–H and O–H groups in total. The second-order valence-electron chi connectivity index (χ2n) is 9.06. The molecule has 0 radical (unpaired) electrons. The summed E-state index contributed by atoms with van der Waals surface area (Å²) in [6, 6.07) is 12.8. The lowest BCUT2D eigenvalue weighted by Gasteiger charge is -2.40. The van der Waals surface area contributed by atoms with Gasteiger partial charge >= 0.3 is 5.97 Å². The van der Waals surface area contributed by atoms with Crippen molar-refractivity contribution < 1.29 is 18.3 Å². The Morgan fingerprint density at radius 1 is 1.11 bits per heavy atom. The fraction of sp³-hybridized carbons (Fsp3) is 0.286. The number of halogens is 2. The van der Waals surface area contributed by atoms with Crippen LogP contribution in [0.4, 0.5) is 8.78 Å². The number of fused-ring (bicyclic) bond motifs is 1. The molecule has 2 unspecified atom stereocenters. The first-order valence-electron chi connectivity index (χ1n) is 11.7. The van der Waals surface area contributed by atoms with E-state index < -0.39 is 0 Å². The summed E-state index contributed by atoms with van der Waals surface area (Å²) >= 11 is 1.32. The Balaban J connectivity index is 1.66. The molecule has 0 fully saturated rings. The molecule has 2 atom stereocenters. The number of thioether (sulfide) groups is 1. The van der Waals surface area contributed by atoms with Gasteiger partial charge < -0.3 is 9.64 Å². The van der Waals surface area contributed by atoms with E-state index >= 15 is 0 Å². The van der Waals surface area contributed by atoms with Gasteiger partial charge in [-0.2, -0.15) is 0 Å². The van der Waals surface area contributed by atoms with Gasteiger partial charge in [0.05, 0.1) is 18.3 Å². The van der Waals surface area contributed by atoms with Gasteiger partial charge in [0.15, 0.2) is 5.17 Å². The van der Waals surface area contributed by atoms with Crippen molar-refractivity contribution in [2.75, 3.05) is 6.61 Å². The lowest BCUT2D eigenvalue weighted by Crippen LogP contribution is -2.35. The normalized spacial score (nSPS) is 22.8. The zero-order valence-corrected chi connectivity index (χ0v) is 20.7. The van der Waals surface area contributed by atoms with Crippen molar-refractivity contribution in [3.05, 3.63) is 98.7 Å². The average molecular weight is 493 g/mol. The maximum atomic E-state index is 13.8. The molecule has 180 valence electrons. The van der Waals surface area contributed by atoms with E-state index in [1.807, 2.05) is 6.92 Å². The van der Waals surface area contributed by atoms with Crippen molar-refractivity contribution in [2.24, 2.45) is 10.9 Å². The summed E-state index contributed by atoms with van der Waals surface area (Å²) in [7, 11) is 0. The van der Waals surface area contributed by atoms with Gasteiger partial charge in [0.1, 0.15) is 16.5 Å². The van der Waals surface area contributed by atoms with Crippen LogP contribution in [0.5, 0.6) is 0 Å². The van der Waals surface area contributed by atoms with Gasteiger partial charge in [-0.15, -0.1) is 0 Å². The number of hydrogen-bond donors (Lipinski definition) is 0. The third-order valence-corrected chi connectivity index (χ3v) is 7.62. The SMILES string of the molecule is CCOC(=O)C1=C(C)N2C(=NC3=C(CC(C)C/C3=C/c3ccc(F)cc3)C2c2ccc(F)cc2)S1. The van der Waals surface area contributed by atoms with Crippen LogP contribution in [0.25, 0.3) is 6.08 Å². The van der Waals surface area contributed by atoms with Crippen LogP contribution in [0.2, 0.25) is 0 Å². The molecule has 35 heavy (non-hydrogen) atoms. The molecule has 0 amide bonds. The summed E-state index contributed by atoms with van der Waals surface area (Å²) in [6.07, 6.45) is 3.74. The smallest absolute Gasteiger partial charge is 0.346 e. The molecule has 2 heterocycles. The number of rotatable bonds is 4. The Kier molecular flexibility index (Phi) is 6.36. The van der Waals surface area contributed by atoms with E-state index in [0.717, 1.165) is 46.5 Å². The fourth-order valence-corrected chi connectivity index (χ4v) is 6.02. The summed E-state index contributed by atoms with van der Waals surface area (Å²) in [5, 5.41) is 0.707. The second-order valence-corrected chi connectivity index (χ2v) is 10.0. The highest BCUT2D eigenvalue weighted by Gasteiger charge is 2.43. The molecule has 5 rings (SSSR count). The van der Waals surface area contributed by atoms with E-state index in [2.05, 4.69) is 17.9 Å².